The summed E-state index contributed by atoms with van der Waals surface area (Å²) in [6.45, 7) is 2.52. The van der Waals surface area contributed by atoms with Crippen molar-refractivity contribution in [2.45, 2.75) is 13.5 Å². The predicted octanol–water partition coefficient (Wildman–Crippen LogP) is 4.68. The third-order valence-corrected chi connectivity index (χ3v) is 3.71. The third-order valence-electron chi connectivity index (χ3n) is 2.46. The van der Waals surface area contributed by atoms with Crippen LogP contribution in [-0.2, 0) is 6.61 Å². The Morgan fingerprint density at radius 1 is 1.11 bits per heavy atom. The molecule has 0 saturated heterocycles. The van der Waals surface area contributed by atoms with E-state index in [1.54, 1.807) is 0 Å². The zero-order valence-corrected chi connectivity index (χ0v) is 13.1. The smallest absolute Gasteiger partial charge is 0.148 e. The lowest BCUT2D eigenvalue weighted by Gasteiger charge is -2.11. The van der Waals surface area contributed by atoms with Crippen molar-refractivity contribution in [3.63, 3.8) is 0 Å². The fourth-order valence-electron chi connectivity index (χ4n) is 1.75. The summed E-state index contributed by atoms with van der Waals surface area (Å²) < 4.78 is 7.67. The van der Waals surface area contributed by atoms with Gasteiger partial charge in [0.25, 0.3) is 0 Å². The van der Waals surface area contributed by atoms with E-state index in [0.29, 0.717) is 6.61 Å². The average molecular weight is 371 g/mol. The maximum atomic E-state index is 5.81. The summed E-state index contributed by atoms with van der Waals surface area (Å²) in [4.78, 5) is 0. The molecular formula is C14H13Br2NO. The summed E-state index contributed by atoms with van der Waals surface area (Å²) in [6.07, 6.45) is 0. The fourth-order valence-corrected chi connectivity index (χ4v) is 2.98. The summed E-state index contributed by atoms with van der Waals surface area (Å²) >= 11 is 6.94. The molecule has 2 nitrogen and oxygen atoms in total. The van der Waals surface area contributed by atoms with Gasteiger partial charge in [-0.25, -0.2) is 0 Å². The minimum Gasteiger partial charge on any atom is -0.487 e. The molecule has 0 aliphatic heterocycles. The van der Waals surface area contributed by atoms with E-state index in [0.717, 1.165) is 31.5 Å². The molecule has 0 aromatic heterocycles. The van der Waals surface area contributed by atoms with Gasteiger partial charge < -0.3 is 10.5 Å². The summed E-state index contributed by atoms with van der Waals surface area (Å²) in [6, 6.07) is 11.8. The Bertz CT molecular complexity index is 529. The first-order chi connectivity index (χ1) is 8.56. The standard InChI is InChI=1S/C14H13Br2NO/c1-9-5-10(7-11(17)6-9)8-18-14-12(15)3-2-4-13(14)16/h2-7H,8,17H2,1H3. The van der Waals surface area contributed by atoms with Crippen molar-refractivity contribution in [1.82, 2.24) is 0 Å². The molecule has 0 bridgehead atoms. The molecule has 2 aromatic rings. The van der Waals surface area contributed by atoms with E-state index in [-0.39, 0.29) is 0 Å². The average Bonchev–Trinajstić information content (AvgIpc) is 2.27. The van der Waals surface area contributed by atoms with Crippen LogP contribution >= 0.6 is 31.9 Å². The van der Waals surface area contributed by atoms with Crippen molar-refractivity contribution in [3.8, 4) is 5.75 Å². The van der Waals surface area contributed by atoms with E-state index < -0.39 is 0 Å². The highest BCUT2D eigenvalue weighted by atomic mass is 79.9. The number of ether oxygens (including phenoxy) is 1. The molecule has 2 rings (SSSR count). The fraction of sp³-hybridized carbons (Fsp3) is 0.143. The third kappa shape index (κ3) is 3.27. The van der Waals surface area contributed by atoms with Gasteiger partial charge in [0.2, 0.25) is 0 Å². The van der Waals surface area contributed by atoms with Crippen LogP contribution in [0.5, 0.6) is 5.75 Å². The Morgan fingerprint density at radius 2 is 1.78 bits per heavy atom. The minimum absolute atomic E-state index is 0.493. The molecular weight excluding hydrogens is 358 g/mol. The second-order valence-electron chi connectivity index (χ2n) is 4.09. The van der Waals surface area contributed by atoms with Gasteiger partial charge in [-0.1, -0.05) is 12.1 Å². The van der Waals surface area contributed by atoms with Gasteiger partial charge in [0.1, 0.15) is 12.4 Å². The summed E-state index contributed by atoms with van der Waals surface area (Å²) in [7, 11) is 0. The van der Waals surface area contributed by atoms with Crippen LogP contribution in [-0.4, -0.2) is 0 Å². The highest BCUT2D eigenvalue weighted by Gasteiger charge is 2.06. The van der Waals surface area contributed by atoms with Gasteiger partial charge >= 0.3 is 0 Å². The molecule has 4 heteroatoms. The topological polar surface area (TPSA) is 35.2 Å². The monoisotopic (exact) mass is 369 g/mol. The van der Waals surface area contributed by atoms with Gasteiger partial charge in [-0.3, -0.25) is 0 Å². The lowest BCUT2D eigenvalue weighted by atomic mass is 10.1. The maximum absolute atomic E-state index is 5.81. The van der Waals surface area contributed by atoms with Gasteiger partial charge in [0.15, 0.2) is 0 Å². The van der Waals surface area contributed by atoms with E-state index in [9.17, 15) is 0 Å². The molecule has 0 fully saturated rings. The van der Waals surface area contributed by atoms with Crippen molar-refractivity contribution >= 4 is 37.5 Å². The number of halogens is 2. The van der Waals surface area contributed by atoms with Crippen LogP contribution in [0.15, 0.2) is 45.3 Å². The molecule has 0 spiro atoms. The zero-order chi connectivity index (χ0) is 13.1. The highest BCUT2D eigenvalue weighted by molar-refractivity contribution is 9.11. The van der Waals surface area contributed by atoms with Gasteiger partial charge in [0, 0.05) is 5.69 Å². The van der Waals surface area contributed by atoms with E-state index in [1.165, 1.54) is 0 Å². The van der Waals surface area contributed by atoms with Crippen molar-refractivity contribution < 1.29 is 4.74 Å². The first-order valence-corrected chi connectivity index (χ1v) is 7.08. The molecule has 0 aliphatic rings. The second kappa shape index (κ2) is 5.76. The number of nitrogens with two attached hydrogens (primary N) is 1. The Morgan fingerprint density at radius 3 is 2.39 bits per heavy atom. The van der Waals surface area contributed by atoms with Crippen molar-refractivity contribution in [2.75, 3.05) is 5.73 Å². The molecule has 2 N–H and O–H groups in total. The molecule has 0 unspecified atom stereocenters. The SMILES string of the molecule is Cc1cc(N)cc(COc2c(Br)cccc2Br)c1. The molecule has 0 radical (unpaired) electrons. The molecule has 0 heterocycles. The largest absolute Gasteiger partial charge is 0.487 e. The van der Waals surface area contributed by atoms with Crippen molar-refractivity contribution in [1.29, 1.82) is 0 Å². The Hall–Kier alpha value is -1.00. The number of rotatable bonds is 3. The lowest BCUT2D eigenvalue weighted by Crippen LogP contribution is -1.98. The molecule has 0 amide bonds. The summed E-state index contributed by atoms with van der Waals surface area (Å²) in [5.41, 5.74) is 8.78. The number of aryl methyl sites for hydroxylation is 1. The number of nitrogen functional groups attached to an aromatic ring is 1. The number of hydrogen-bond donors (Lipinski definition) is 1. The quantitative estimate of drug-likeness (QED) is 0.796. The van der Waals surface area contributed by atoms with E-state index >= 15 is 0 Å². The van der Waals surface area contributed by atoms with Gasteiger partial charge in [-0.2, -0.15) is 0 Å². The van der Waals surface area contributed by atoms with Gasteiger partial charge in [-0.05, 0) is 74.2 Å². The van der Waals surface area contributed by atoms with E-state index in [2.05, 4.69) is 37.9 Å². The Labute approximate surface area is 123 Å². The highest BCUT2D eigenvalue weighted by Crippen LogP contribution is 2.33. The lowest BCUT2D eigenvalue weighted by molar-refractivity contribution is 0.302. The Balaban J connectivity index is 2.16. The zero-order valence-electron chi connectivity index (χ0n) is 9.91. The molecule has 0 atom stereocenters. The van der Waals surface area contributed by atoms with Gasteiger partial charge in [0.05, 0.1) is 8.95 Å². The number of anilines is 1. The molecule has 0 aliphatic carbocycles. The predicted molar refractivity (Wildman–Crippen MR) is 81.8 cm³/mol. The molecule has 2 aromatic carbocycles. The first kappa shape index (κ1) is 13.4. The summed E-state index contributed by atoms with van der Waals surface area (Å²) in [5, 5.41) is 0. The molecule has 0 saturated carbocycles. The van der Waals surface area contributed by atoms with Crippen LogP contribution in [0, 0.1) is 6.92 Å². The number of benzene rings is 2. The van der Waals surface area contributed by atoms with Crippen molar-refractivity contribution in [2.24, 2.45) is 0 Å². The minimum atomic E-state index is 0.493. The van der Waals surface area contributed by atoms with Crippen LogP contribution in [0.3, 0.4) is 0 Å². The van der Waals surface area contributed by atoms with E-state index in [1.807, 2.05) is 37.3 Å². The van der Waals surface area contributed by atoms with E-state index in [4.69, 9.17) is 10.5 Å². The first-order valence-electron chi connectivity index (χ1n) is 5.49. The normalized spacial score (nSPS) is 10.4. The number of hydrogen-bond acceptors (Lipinski definition) is 2. The molecule has 94 valence electrons. The van der Waals surface area contributed by atoms with Crippen molar-refractivity contribution in [3.05, 3.63) is 56.5 Å². The number of para-hydroxylation sites is 1. The second-order valence-corrected chi connectivity index (χ2v) is 5.80. The molecule has 18 heavy (non-hydrogen) atoms. The van der Waals surface area contributed by atoms with Crippen LogP contribution < -0.4 is 10.5 Å². The Kier molecular flexibility index (Phi) is 4.30. The van der Waals surface area contributed by atoms with Crippen LogP contribution in [0.1, 0.15) is 11.1 Å². The van der Waals surface area contributed by atoms with Crippen LogP contribution in [0.25, 0.3) is 0 Å². The van der Waals surface area contributed by atoms with Gasteiger partial charge in [-0.15, -0.1) is 0 Å². The maximum Gasteiger partial charge on any atom is 0.148 e. The van der Waals surface area contributed by atoms with Crippen LogP contribution in [0.2, 0.25) is 0 Å². The van der Waals surface area contributed by atoms with Crippen LogP contribution in [0.4, 0.5) is 5.69 Å². The summed E-state index contributed by atoms with van der Waals surface area (Å²) in [5.74, 6) is 0.803.